The highest BCUT2D eigenvalue weighted by molar-refractivity contribution is 6.03. The lowest BCUT2D eigenvalue weighted by atomic mass is 9.92. The molecule has 0 radical (unpaired) electrons. The van der Waals surface area contributed by atoms with Gasteiger partial charge in [-0.15, -0.1) is 0 Å². The molecule has 0 unspecified atom stereocenters. The number of aromatic nitrogens is 1. The van der Waals surface area contributed by atoms with Gasteiger partial charge < -0.3 is 19.3 Å². The molecule has 0 fully saturated rings. The Labute approximate surface area is 199 Å². The number of aryl methyl sites for hydroxylation is 1. The van der Waals surface area contributed by atoms with Crippen LogP contribution in [0.15, 0.2) is 54.6 Å². The zero-order valence-corrected chi connectivity index (χ0v) is 19.7. The average molecular weight is 464 g/mol. The number of ether oxygens (including phenoxy) is 3. The number of carbonyl (C=O) groups excluding carboxylic acids is 2. The van der Waals surface area contributed by atoms with Crippen molar-refractivity contribution < 1.29 is 28.9 Å². The Balaban J connectivity index is 2.06. The van der Waals surface area contributed by atoms with Crippen LogP contribution in [0.2, 0.25) is 0 Å². The third-order valence-electron chi connectivity index (χ3n) is 5.37. The lowest BCUT2D eigenvalue weighted by Crippen LogP contribution is -2.20. The summed E-state index contributed by atoms with van der Waals surface area (Å²) >= 11 is 0. The van der Waals surface area contributed by atoms with Gasteiger partial charge in [-0.3, -0.25) is 4.98 Å². The standard InChI is InChI=1S/C27H29NO6/c1-4-21-23(26(30)34-17-18-11-13-20(32-3)14-12-18)22(5-2)28-25(19-9-7-6-8-10-19)24(21)27(31)33-16-15-29/h6-14,29H,4-5,15-17H2,1-3H3. The van der Waals surface area contributed by atoms with E-state index in [-0.39, 0.29) is 30.9 Å². The lowest BCUT2D eigenvalue weighted by molar-refractivity contribution is 0.0432. The van der Waals surface area contributed by atoms with Crippen LogP contribution in [0.1, 0.15) is 51.4 Å². The van der Waals surface area contributed by atoms with Crippen LogP contribution in [0.5, 0.6) is 5.75 Å². The lowest BCUT2D eigenvalue weighted by Gasteiger charge is -2.19. The summed E-state index contributed by atoms with van der Waals surface area (Å²) in [4.78, 5) is 31.0. The largest absolute Gasteiger partial charge is 0.497 e. The summed E-state index contributed by atoms with van der Waals surface area (Å²) in [6.07, 6.45) is 0.873. The first-order valence-corrected chi connectivity index (χ1v) is 11.2. The molecule has 0 spiro atoms. The quantitative estimate of drug-likeness (QED) is 0.446. The molecule has 0 aliphatic rings. The zero-order chi connectivity index (χ0) is 24.5. The molecule has 3 aromatic rings. The molecule has 1 aromatic heterocycles. The number of rotatable bonds is 10. The molecule has 1 N–H and O–H groups in total. The zero-order valence-electron chi connectivity index (χ0n) is 19.7. The molecular weight excluding hydrogens is 434 g/mol. The fourth-order valence-corrected chi connectivity index (χ4v) is 3.72. The van der Waals surface area contributed by atoms with Gasteiger partial charge in [0.1, 0.15) is 19.0 Å². The smallest absolute Gasteiger partial charge is 0.340 e. The van der Waals surface area contributed by atoms with Gasteiger partial charge in [-0.05, 0) is 36.1 Å². The van der Waals surface area contributed by atoms with Crippen LogP contribution >= 0.6 is 0 Å². The summed E-state index contributed by atoms with van der Waals surface area (Å²) in [5.41, 5.74) is 3.57. The fraction of sp³-hybridized carbons (Fsp3) is 0.296. The predicted molar refractivity (Wildman–Crippen MR) is 128 cm³/mol. The SMILES string of the molecule is CCc1nc(-c2ccccc2)c(C(=O)OCCO)c(CC)c1C(=O)OCc1ccc(OC)cc1. The first-order chi connectivity index (χ1) is 16.5. The predicted octanol–water partition coefficient (Wildman–Crippen LogP) is 4.39. The molecule has 178 valence electrons. The van der Waals surface area contributed by atoms with Gasteiger partial charge in [-0.2, -0.15) is 0 Å². The van der Waals surface area contributed by atoms with Crippen molar-refractivity contribution in [2.24, 2.45) is 0 Å². The van der Waals surface area contributed by atoms with E-state index < -0.39 is 11.9 Å². The van der Waals surface area contributed by atoms with E-state index in [0.29, 0.717) is 35.5 Å². The molecule has 0 atom stereocenters. The highest BCUT2D eigenvalue weighted by Gasteiger charge is 2.28. The molecule has 0 amide bonds. The normalized spacial score (nSPS) is 10.6. The molecule has 1 heterocycles. The van der Waals surface area contributed by atoms with Gasteiger partial charge in [0.05, 0.1) is 36.2 Å². The minimum atomic E-state index is -0.635. The summed E-state index contributed by atoms with van der Waals surface area (Å²) < 4.78 is 16.0. The van der Waals surface area contributed by atoms with Gasteiger partial charge in [-0.25, -0.2) is 9.59 Å². The van der Waals surface area contributed by atoms with Crippen LogP contribution < -0.4 is 4.74 Å². The molecule has 3 rings (SSSR count). The van der Waals surface area contributed by atoms with E-state index in [2.05, 4.69) is 0 Å². The van der Waals surface area contributed by atoms with Crippen molar-refractivity contribution in [3.8, 4) is 17.0 Å². The first-order valence-electron chi connectivity index (χ1n) is 11.2. The number of pyridine rings is 1. The molecular formula is C27H29NO6. The number of nitrogens with zero attached hydrogens (tertiary/aromatic N) is 1. The van der Waals surface area contributed by atoms with Crippen molar-refractivity contribution >= 4 is 11.9 Å². The van der Waals surface area contributed by atoms with E-state index in [1.807, 2.05) is 56.3 Å². The third-order valence-corrected chi connectivity index (χ3v) is 5.37. The Hall–Kier alpha value is -3.71. The number of carbonyl (C=O) groups is 2. The van der Waals surface area contributed by atoms with E-state index in [0.717, 1.165) is 11.1 Å². The minimum absolute atomic E-state index is 0.0693. The van der Waals surface area contributed by atoms with E-state index in [4.69, 9.17) is 24.3 Å². The summed E-state index contributed by atoms with van der Waals surface area (Å²) in [5, 5.41) is 9.14. The van der Waals surface area contributed by atoms with Crippen LogP contribution in [0, 0.1) is 0 Å². The van der Waals surface area contributed by atoms with Crippen LogP contribution in [0.3, 0.4) is 0 Å². The number of methoxy groups -OCH3 is 1. The number of benzene rings is 2. The number of esters is 2. The summed E-state index contributed by atoms with van der Waals surface area (Å²) in [6.45, 7) is 3.39. The molecule has 2 aromatic carbocycles. The Morgan fingerprint density at radius 1 is 0.882 bits per heavy atom. The summed E-state index contributed by atoms with van der Waals surface area (Å²) in [5.74, 6) is -0.472. The van der Waals surface area contributed by atoms with Crippen molar-refractivity contribution in [3.05, 3.63) is 82.5 Å². The second-order valence-electron chi connectivity index (χ2n) is 7.49. The molecule has 0 bridgehead atoms. The first kappa shape index (κ1) is 24.9. The van der Waals surface area contributed by atoms with Gasteiger partial charge >= 0.3 is 11.9 Å². The monoisotopic (exact) mass is 463 g/mol. The van der Waals surface area contributed by atoms with Crippen molar-refractivity contribution in [1.82, 2.24) is 4.98 Å². The van der Waals surface area contributed by atoms with Gasteiger partial charge in [0, 0.05) is 5.56 Å². The highest BCUT2D eigenvalue weighted by Crippen LogP contribution is 2.31. The minimum Gasteiger partial charge on any atom is -0.497 e. The molecule has 0 saturated heterocycles. The number of hydrogen-bond donors (Lipinski definition) is 1. The number of hydrogen-bond acceptors (Lipinski definition) is 7. The maximum absolute atomic E-state index is 13.3. The van der Waals surface area contributed by atoms with E-state index >= 15 is 0 Å². The van der Waals surface area contributed by atoms with E-state index in [1.54, 1.807) is 19.2 Å². The summed E-state index contributed by atoms with van der Waals surface area (Å²) in [7, 11) is 1.59. The van der Waals surface area contributed by atoms with Crippen molar-refractivity contribution in [2.75, 3.05) is 20.3 Å². The molecule has 34 heavy (non-hydrogen) atoms. The van der Waals surface area contributed by atoms with Crippen molar-refractivity contribution in [2.45, 2.75) is 33.3 Å². The third kappa shape index (κ3) is 5.61. The summed E-state index contributed by atoms with van der Waals surface area (Å²) in [6, 6.07) is 16.5. The fourth-order valence-electron chi connectivity index (χ4n) is 3.72. The molecule has 0 saturated carbocycles. The second-order valence-corrected chi connectivity index (χ2v) is 7.49. The maximum Gasteiger partial charge on any atom is 0.340 e. The maximum atomic E-state index is 13.3. The Morgan fingerprint density at radius 3 is 2.15 bits per heavy atom. The molecule has 0 aliphatic heterocycles. The van der Waals surface area contributed by atoms with Crippen molar-refractivity contribution in [1.29, 1.82) is 0 Å². The Morgan fingerprint density at radius 2 is 1.56 bits per heavy atom. The van der Waals surface area contributed by atoms with Gasteiger partial charge in [0.15, 0.2) is 0 Å². The topological polar surface area (TPSA) is 95.0 Å². The van der Waals surface area contributed by atoms with E-state index in [1.165, 1.54) is 0 Å². The van der Waals surface area contributed by atoms with Gasteiger partial charge in [0.2, 0.25) is 0 Å². The average Bonchev–Trinajstić information content (AvgIpc) is 2.89. The van der Waals surface area contributed by atoms with Crippen LogP contribution in [0.4, 0.5) is 0 Å². The van der Waals surface area contributed by atoms with Gasteiger partial charge in [-0.1, -0.05) is 56.3 Å². The van der Waals surface area contributed by atoms with Gasteiger partial charge in [0.25, 0.3) is 0 Å². The molecule has 0 aliphatic carbocycles. The van der Waals surface area contributed by atoms with Crippen LogP contribution in [-0.2, 0) is 28.9 Å². The highest BCUT2D eigenvalue weighted by atomic mass is 16.5. The van der Waals surface area contributed by atoms with Crippen molar-refractivity contribution in [3.63, 3.8) is 0 Å². The van der Waals surface area contributed by atoms with Crippen LogP contribution in [0.25, 0.3) is 11.3 Å². The second kappa shape index (κ2) is 12.0. The van der Waals surface area contributed by atoms with E-state index in [9.17, 15) is 9.59 Å². The molecule has 7 nitrogen and oxygen atoms in total. The number of aliphatic hydroxyl groups is 1. The Bertz CT molecular complexity index is 1130. The van der Waals surface area contributed by atoms with Crippen LogP contribution in [-0.4, -0.2) is 42.4 Å². The number of aliphatic hydroxyl groups excluding tert-OH is 1. The Kier molecular flexibility index (Phi) is 8.76. The molecule has 7 heteroatoms.